The topological polar surface area (TPSA) is 71.7 Å². The molecule has 0 amide bonds. The minimum atomic E-state index is -1.17. The first kappa shape index (κ1) is 13.1. The zero-order chi connectivity index (χ0) is 15.0. The van der Waals surface area contributed by atoms with E-state index < -0.39 is 5.97 Å². The highest BCUT2D eigenvalue weighted by molar-refractivity contribution is 5.95. The van der Waals surface area contributed by atoms with Crippen LogP contribution in [0.1, 0.15) is 10.5 Å². The quantitative estimate of drug-likeness (QED) is 0.724. The van der Waals surface area contributed by atoms with Gasteiger partial charge in [0.25, 0.3) is 0 Å². The monoisotopic (exact) mass is 283 g/mol. The molecule has 0 radical (unpaired) electrons. The fraction of sp³-hybridized carbons (Fsp3) is 0.0625. The second kappa shape index (κ2) is 4.86. The van der Waals surface area contributed by atoms with E-state index in [-0.39, 0.29) is 5.69 Å². The number of aromatic nitrogens is 1. The smallest absolute Gasteiger partial charge is 0.356 e. The maximum Gasteiger partial charge on any atom is 0.356 e. The number of rotatable bonds is 3. The average Bonchev–Trinajstić information content (AvgIpc) is 2.84. The van der Waals surface area contributed by atoms with Crippen LogP contribution in [0.4, 0.5) is 0 Å². The summed E-state index contributed by atoms with van der Waals surface area (Å²) < 4.78 is 5.81. The van der Waals surface area contributed by atoms with Gasteiger partial charge in [-0.1, -0.05) is 24.3 Å². The van der Waals surface area contributed by atoms with E-state index in [0.29, 0.717) is 15.6 Å². The van der Waals surface area contributed by atoms with Crippen LogP contribution in [0.15, 0.2) is 48.5 Å². The summed E-state index contributed by atoms with van der Waals surface area (Å²) in [5.41, 5.74) is 2.14. The Morgan fingerprint density at radius 2 is 1.71 bits per heavy atom. The van der Waals surface area contributed by atoms with E-state index in [1.54, 1.807) is 19.2 Å². The summed E-state index contributed by atoms with van der Waals surface area (Å²) in [5, 5.41) is 19.6. The van der Waals surface area contributed by atoms with E-state index in [4.69, 9.17) is 9.84 Å². The summed E-state index contributed by atoms with van der Waals surface area (Å²) in [4.78, 5) is 11.0. The predicted molar refractivity (Wildman–Crippen MR) is 78.1 cm³/mol. The number of carboxylic acids is 1. The number of carboxylic acid groups (broad SMARTS) is 1. The first-order valence-corrected chi connectivity index (χ1v) is 6.32. The third kappa shape index (κ3) is 2.18. The van der Waals surface area contributed by atoms with Gasteiger partial charge in [-0.2, -0.15) is 4.73 Å². The molecule has 0 saturated heterocycles. The normalized spacial score (nSPS) is 10.7. The lowest BCUT2D eigenvalue weighted by Gasteiger charge is -2.05. The van der Waals surface area contributed by atoms with Gasteiger partial charge in [-0.05, 0) is 35.4 Å². The van der Waals surface area contributed by atoms with Crippen molar-refractivity contribution in [1.82, 2.24) is 4.73 Å². The molecule has 0 atom stereocenters. The van der Waals surface area contributed by atoms with E-state index in [1.807, 2.05) is 30.3 Å². The van der Waals surface area contributed by atoms with E-state index >= 15 is 0 Å². The van der Waals surface area contributed by atoms with Gasteiger partial charge in [0.2, 0.25) is 0 Å². The number of benzene rings is 2. The average molecular weight is 283 g/mol. The van der Waals surface area contributed by atoms with Gasteiger partial charge in [-0.15, -0.1) is 0 Å². The highest BCUT2D eigenvalue weighted by Gasteiger charge is 2.14. The molecule has 0 fully saturated rings. The molecule has 1 heterocycles. The maximum absolute atomic E-state index is 11.0. The van der Waals surface area contributed by atoms with Gasteiger partial charge < -0.3 is 15.1 Å². The molecule has 5 heteroatoms. The molecule has 0 aliphatic rings. The molecule has 2 aromatic carbocycles. The zero-order valence-electron chi connectivity index (χ0n) is 11.3. The van der Waals surface area contributed by atoms with Crippen molar-refractivity contribution in [2.24, 2.45) is 0 Å². The summed E-state index contributed by atoms with van der Waals surface area (Å²) in [6, 6.07) is 14.4. The lowest BCUT2D eigenvalue weighted by Crippen LogP contribution is -2.04. The Bertz CT molecular complexity index is 818. The van der Waals surface area contributed by atoms with Crippen molar-refractivity contribution < 1.29 is 19.8 Å². The van der Waals surface area contributed by atoms with Crippen molar-refractivity contribution >= 4 is 16.9 Å². The number of carbonyl (C=O) groups is 1. The Balaban J connectivity index is 2.11. The van der Waals surface area contributed by atoms with Crippen LogP contribution in [0.3, 0.4) is 0 Å². The standard InChI is InChI=1S/C16H13NO4/c1-21-13-6-4-10(5-7-13)11-2-3-12-9-15(16(18)19)17(20)14(12)8-11/h2-9,20H,1H3,(H,18,19). The fourth-order valence-electron chi connectivity index (χ4n) is 2.30. The molecule has 2 N–H and O–H groups in total. The van der Waals surface area contributed by atoms with Crippen LogP contribution in [0.25, 0.3) is 22.0 Å². The van der Waals surface area contributed by atoms with Gasteiger partial charge in [-0.3, -0.25) is 0 Å². The highest BCUT2D eigenvalue weighted by atomic mass is 16.5. The van der Waals surface area contributed by atoms with Crippen molar-refractivity contribution in [3.05, 3.63) is 54.2 Å². The fourth-order valence-corrected chi connectivity index (χ4v) is 2.30. The Labute approximate surface area is 120 Å². The highest BCUT2D eigenvalue weighted by Crippen LogP contribution is 2.27. The number of aromatic carboxylic acids is 1. The van der Waals surface area contributed by atoms with Crippen LogP contribution in [-0.2, 0) is 0 Å². The number of hydrogen-bond acceptors (Lipinski definition) is 3. The molecular formula is C16H13NO4. The molecule has 5 nitrogen and oxygen atoms in total. The number of ether oxygens (including phenoxy) is 1. The van der Waals surface area contributed by atoms with Crippen molar-refractivity contribution in [3.8, 4) is 16.9 Å². The van der Waals surface area contributed by atoms with Crippen LogP contribution >= 0.6 is 0 Å². The molecule has 106 valence electrons. The van der Waals surface area contributed by atoms with Crippen LogP contribution in [0.5, 0.6) is 5.75 Å². The minimum absolute atomic E-state index is 0.156. The van der Waals surface area contributed by atoms with Crippen molar-refractivity contribution in [1.29, 1.82) is 0 Å². The second-order valence-electron chi connectivity index (χ2n) is 4.65. The van der Waals surface area contributed by atoms with Crippen LogP contribution in [0, 0.1) is 0 Å². The Morgan fingerprint density at radius 3 is 2.33 bits per heavy atom. The van der Waals surface area contributed by atoms with Gasteiger partial charge in [0.05, 0.1) is 12.6 Å². The first-order valence-electron chi connectivity index (χ1n) is 6.32. The molecule has 1 aromatic heterocycles. The molecule has 0 saturated carbocycles. The SMILES string of the molecule is COc1ccc(-c2ccc3cc(C(=O)O)n(O)c3c2)cc1. The number of hydrogen-bond donors (Lipinski definition) is 2. The van der Waals surface area contributed by atoms with E-state index in [0.717, 1.165) is 16.9 Å². The molecule has 0 aliphatic carbocycles. The maximum atomic E-state index is 11.0. The summed E-state index contributed by atoms with van der Waals surface area (Å²) in [6.07, 6.45) is 0. The van der Waals surface area contributed by atoms with Gasteiger partial charge in [0, 0.05) is 5.39 Å². The predicted octanol–water partition coefficient (Wildman–Crippen LogP) is 3.25. The molecule has 0 aliphatic heterocycles. The number of nitrogens with zero attached hydrogens (tertiary/aromatic N) is 1. The third-order valence-corrected chi connectivity index (χ3v) is 3.42. The Kier molecular flexibility index (Phi) is 3.02. The van der Waals surface area contributed by atoms with E-state index in [9.17, 15) is 10.0 Å². The molecule has 0 unspecified atom stereocenters. The molecule has 0 spiro atoms. The first-order chi connectivity index (χ1) is 10.1. The largest absolute Gasteiger partial charge is 0.497 e. The van der Waals surface area contributed by atoms with Gasteiger partial charge in [0.1, 0.15) is 5.75 Å². The lowest BCUT2D eigenvalue weighted by molar-refractivity contribution is 0.0649. The van der Waals surface area contributed by atoms with Crippen LogP contribution in [-0.4, -0.2) is 28.1 Å². The molecule has 3 aromatic rings. The number of fused-ring (bicyclic) bond motifs is 1. The summed E-state index contributed by atoms with van der Waals surface area (Å²) in [5.74, 6) is -0.404. The molecule has 0 bridgehead atoms. The third-order valence-electron chi connectivity index (χ3n) is 3.42. The number of methoxy groups -OCH3 is 1. The lowest BCUT2D eigenvalue weighted by atomic mass is 10.0. The van der Waals surface area contributed by atoms with Crippen molar-refractivity contribution in [2.45, 2.75) is 0 Å². The van der Waals surface area contributed by atoms with Crippen molar-refractivity contribution in [2.75, 3.05) is 7.11 Å². The van der Waals surface area contributed by atoms with Gasteiger partial charge in [-0.25, -0.2) is 4.79 Å². The van der Waals surface area contributed by atoms with Gasteiger partial charge in [0.15, 0.2) is 5.69 Å². The Morgan fingerprint density at radius 1 is 1.05 bits per heavy atom. The summed E-state index contributed by atoms with van der Waals surface area (Å²) in [6.45, 7) is 0. The van der Waals surface area contributed by atoms with Crippen molar-refractivity contribution in [3.63, 3.8) is 0 Å². The van der Waals surface area contributed by atoms with E-state index in [1.165, 1.54) is 6.07 Å². The van der Waals surface area contributed by atoms with Gasteiger partial charge >= 0.3 is 5.97 Å². The molecular weight excluding hydrogens is 270 g/mol. The zero-order valence-corrected chi connectivity index (χ0v) is 11.3. The second-order valence-corrected chi connectivity index (χ2v) is 4.65. The van der Waals surface area contributed by atoms with E-state index in [2.05, 4.69) is 0 Å². The van der Waals surface area contributed by atoms with Crippen LogP contribution < -0.4 is 4.74 Å². The summed E-state index contributed by atoms with van der Waals surface area (Å²) >= 11 is 0. The van der Waals surface area contributed by atoms with Crippen LogP contribution in [0.2, 0.25) is 0 Å². The Hall–Kier alpha value is -2.95. The minimum Gasteiger partial charge on any atom is -0.497 e. The summed E-state index contributed by atoms with van der Waals surface area (Å²) in [7, 11) is 1.60. The molecule has 21 heavy (non-hydrogen) atoms. The molecule has 3 rings (SSSR count).